The van der Waals surface area contributed by atoms with Gasteiger partial charge in [0.05, 0.1) is 17.4 Å². The summed E-state index contributed by atoms with van der Waals surface area (Å²) in [6, 6.07) is 16.1. The van der Waals surface area contributed by atoms with Gasteiger partial charge in [0.1, 0.15) is 11.4 Å². The minimum atomic E-state index is -0.169. The molecule has 1 fully saturated rings. The van der Waals surface area contributed by atoms with Gasteiger partial charge in [-0.05, 0) is 43.3 Å². The van der Waals surface area contributed by atoms with E-state index < -0.39 is 0 Å². The van der Waals surface area contributed by atoms with E-state index in [-0.39, 0.29) is 5.91 Å². The van der Waals surface area contributed by atoms with Gasteiger partial charge in [0, 0.05) is 50.3 Å². The second-order valence-electron chi connectivity index (χ2n) is 8.37. The maximum atomic E-state index is 13.1. The number of carbonyl (C=O) groups excluding carboxylic acids is 1. The zero-order valence-corrected chi connectivity index (χ0v) is 19.4. The van der Waals surface area contributed by atoms with Crippen LogP contribution in [-0.4, -0.2) is 55.3 Å². The molecular weight excluding hydrogens is 438 g/mol. The van der Waals surface area contributed by atoms with E-state index in [1.807, 2.05) is 42.3 Å². The third-order valence-electron chi connectivity index (χ3n) is 6.06. The van der Waals surface area contributed by atoms with E-state index in [0.717, 1.165) is 25.3 Å². The van der Waals surface area contributed by atoms with Crippen LogP contribution < -0.4 is 25.3 Å². The SMILES string of the molecule is CC1CNCCN1c1ccc(Nc2ncc3c(n2)N(C)CN(c2ccccc2Cl)C3=O)cc1. The zero-order valence-electron chi connectivity index (χ0n) is 18.6. The van der Waals surface area contributed by atoms with Crippen LogP contribution in [0.15, 0.2) is 54.7 Å². The molecule has 1 saturated heterocycles. The lowest BCUT2D eigenvalue weighted by molar-refractivity contribution is 0.0982. The quantitative estimate of drug-likeness (QED) is 0.610. The Balaban J connectivity index is 1.34. The van der Waals surface area contributed by atoms with Gasteiger partial charge in [0.25, 0.3) is 5.91 Å². The fraction of sp³-hybridized carbons (Fsp3) is 0.292. The predicted octanol–water partition coefficient (Wildman–Crippen LogP) is 3.73. The van der Waals surface area contributed by atoms with Crippen LogP contribution in [0.1, 0.15) is 17.3 Å². The molecule has 0 spiro atoms. The summed E-state index contributed by atoms with van der Waals surface area (Å²) < 4.78 is 0. The van der Waals surface area contributed by atoms with Gasteiger partial charge in [-0.15, -0.1) is 0 Å². The van der Waals surface area contributed by atoms with Crippen LogP contribution in [0.2, 0.25) is 5.02 Å². The number of hydrogen-bond donors (Lipinski definition) is 2. The number of rotatable bonds is 4. The Morgan fingerprint density at radius 2 is 1.94 bits per heavy atom. The average molecular weight is 464 g/mol. The number of carbonyl (C=O) groups is 1. The Hall–Kier alpha value is -3.36. The lowest BCUT2D eigenvalue weighted by Crippen LogP contribution is -2.49. The molecule has 1 amide bonds. The summed E-state index contributed by atoms with van der Waals surface area (Å²) in [5, 5.41) is 7.20. The minimum Gasteiger partial charge on any atom is -0.366 e. The van der Waals surface area contributed by atoms with Crippen LogP contribution in [0.4, 0.5) is 28.8 Å². The molecule has 8 nitrogen and oxygen atoms in total. The highest BCUT2D eigenvalue weighted by molar-refractivity contribution is 6.34. The Morgan fingerprint density at radius 1 is 1.15 bits per heavy atom. The van der Waals surface area contributed by atoms with E-state index in [4.69, 9.17) is 11.6 Å². The van der Waals surface area contributed by atoms with Crippen LogP contribution in [0.3, 0.4) is 0 Å². The average Bonchev–Trinajstić information content (AvgIpc) is 2.83. The molecule has 2 aromatic carbocycles. The lowest BCUT2D eigenvalue weighted by Gasteiger charge is -2.36. The number of nitrogens with one attached hydrogen (secondary N) is 2. The van der Waals surface area contributed by atoms with Crippen LogP contribution >= 0.6 is 11.6 Å². The van der Waals surface area contributed by atoms with E-state index in [1.54, 1.807) is 17.2 Å². The number of nitrogens with zero attached hydrogens (tertiary/aromatic N) is 5. The second-order valence-corrected chi connectivity index (χ2v) is 8.78. The molecule has 3 heterocycles. The molecule has 2 N–H and O–H groups in total. The van der Waals surface area contributed by atoms with Gasteiger partial charge < -0.3 is 20.4 Å². The van der Waals surface area contributed by atoms with Crippen molar-refractivity contribution in [2.45, 2.75) is 13.0 Å². The zero-order chi connectivity index (χ0) is 22.9. The normalized spacial score (nSPS) is 18.3. The van der Waals surface area contributed by atoms with Gasteiger partial charge in [-0.25, -0.2) is 4.98 Å². The molecule has 33 heavy (non-hydrogen) atoms. The molecular formula is C24H26ClN7O. The third-order valence-corrected chi connectivity index (χ3v) is 6.38. The number of hydrogen-bond acceptors (Lipinski definition) is 7. The molecule has 1 atom stereocenters. The summed E-state index contributed by atoms with van der Waals surface area (Å²) in [6.45, 7) is 5.55. The largest absolute Gasteiger partial charge is 0.366 e. The van der Waals surface area contributed by atoms with Gasteiger partial charge in [-0.1, -0.05) is 23.7 Å². The smallest absolute Gasteiger partial charge is 0.265 e. The van der Waals surface area contributed by atoms with Gasteiger partial charge >= 0.3 is 0 Å². The van der Waals surface area contributed by atoms with Gasteiger partial charge in [-0.2, -0.15) is 4.98 Å². The number of piperazine rings is 1. The molecule has 9 heteroatoms. The highest BCUT2D eigenvalue weighted by atomic mass is 35.5. The Morgan fingerprint density at radius 3 is 2.70 bits per heavy atom. The maximum absolute atomic E-state index is 13.1. The first-order valence-electron chi connectivity index (χ1n) is 11.0. The minimum absolute atomic E-state index is 0.169. The number of halogens is 1. The Kier molecular flexibility index (Phi) is 5.78. The fourth-order valence-corrected chi connectivity index (χ4v) is 4.55. The molecule has 1 unspecified atom stereocenters. The molecule has 3 aromatic rings. The van der Waals surface area contributed by atoms with Crippen LogP contribution in [0.25, 0.3) is 0 Å². The number of benzene rings is 2. The van der Waals surface area contributed by atoms with Crippen molar-refractivity contribution in [3.63, 3.8) is 0 Å². The highest BCUT2D eigenvalue weighted by Crippen LogP contribution is 2.32. The number of amides is 1. The molecule has 5 rings (SSSR count). The first-order chi connectivity index (χ1) is 16.0. The van der Waals surface area contributed by atoms with E-state index in [9.17, 15) is 4.79 Å². The molecule has 1 aromatic heterocycles. The Bertz CT molecular complexity index is 1170. The van der Waals surface area contributed by atoms with Crippen molar-refractivity contribution in [3.05, 3.63) is 65.3 Å². The summed E-state index contributed by atoms with van der Waals surface area (Å²) in [5.41, 5.74) is 3.20. The Labute approximate surface area is 198 Å². The van der Waals surface area contributed by atoms with Gasteiger partial charge in [-0.3, -0.25) is 9.69 Å². The van der Waals surface area contributed by atoms with Gasteiger partial charge in [0.15, 0.2) is 0 Å². The standard InChI is InChI=1S/C24H26ClN7O/c1-16-13-26-11-12-31(16)18-9-7-17(8-10-18)28-24-27-14-19-22(29-24)30(2)15-32(23(19)33)21-6-4-3-5-20(21)25/h3-10,14,16,26H,11-13,15H2,1-2H3,(H,27,28,29). The van der Waals surface area contributed by atoms with E-state index in [0.29, 0.717) is 40.8 Å². The number of anilines is 5. The van der Waals surface area contributed by atoms with E-state index >= 15 is 0 Å². The summed E-state index contributed by atoms with van der Waals surface area (Å²) in [6.07, 6.45) is 1.57. The molecule has 0 bridgehead atoms. The molecule has 2 aliphatic heterocycles. The van der Waals surface area contributed by atoms with Crippen LogP contribution in [0, 0.1) is 0 Å². The van der Waals surface area contributed by atoms with Gasteiger partial charge in [0.2, 0.25) is 5.95 Å². The summed E-state index contributed by atoms with van der Waals surface area (Å²) in [4.78, 5) is 28.1. The highest BCUT2D eigenvalue weighted by Gasteiger charge is 2.31. The molecule has 2 aliphatic rings. The van der Waals surface area contributed by atoms with Crippen molar-refractivity contribution >= 4 is 46.3 Å². The van der Waals surface area contributed by atoms with E-state index in [2.05, 4.69) is 44.6 Å². The maximum Gasteiger partial charge on any atom is 0.265 e. The summed E-state index contributed by atoms with van der Waals surface area (Å²) in [5.74, 6) is 0.868. The first-order valence-corrected chi connectivity index (χ1v) is 11.4. The molecule has 0 saturated carbocycles. The topological polar surface area (TPSA) is 76.6 Å². The molecule has 0 aliphatic carbocycles. The number of fused-ring (bicyclic) bond motifs is 1. The molecule has 170 valence electrons. The summed E-state index contributed by atoms with van der Waals surface area (Å²) >= 11 is 6.32. The van der Waals surface area contributed by atoms with Crippen molar-refractivity contribution in [2.75, 3.05) is 53.4 Å². The number of aromatic nitrogens is 2. The monoisotopic (exact) mass is 463 g/mol. The molecule has 0 radical (unpaired) electrons. The fourth-order valence-electron chi connectivity index (χ4n) is 4.31. The summed E-state index contributed by atoms with van der Waals surface area (Å²) in [7, 11) is 1.90. The second kappa shape index (κ2) is 8.88. The van der Waals surface area contributed by atoms with Crippen molar-refractivity contribution < 1.29 is 4.79 Å². The van der Waals surface area contributed by atoms with Crippen LogP contribution in [-0.2, 0) is 0 Å². The van der Waals surface area contributed by atoms with Crippen molar-refractivity contribution in [2.24, 2.45) is 0 Å². The first kappa shape index (κ1) is 21.5. The van der Waals surface area contributed by atoms with Crippen LogP contribution in [0.5, 0.6) is 0 Å². The third kappa shape index (κ3) is 4.19. The van der Waals surface area contributed by atoms with E-state index in [1.165, 1.54) is 5.69 Å². The predicted molar refractivity (Wildman–Crippen MR) is 133 cm³/mol. The van der Waals surface area contributed by atoms with Crippen molar-refractivity contribution in [1.29, 1.82) is 0 Å². The van der Waals surface area contributed by atoms with Crippen molar-refractivity contribution in [1.82, 2.24) is 15.3 Å². The van der Waals surface area contributed by atoms with Crippen molar-refractivity contribution in [3.8, 4) is 0 Å². The lowest BCUT2D eigenvalue weighted by atomic mass is 10.1. The number of para-hydroxylation sites is 1.